The van der Waals surface area contributed by atoms with Crippen molar-refractivity contribution in [1.29, 1.82) is 0 Å². The van der Waals surface area contributed by atoms with Gasteiger partial charge in [0.2, 0.25) is 0 Å². The summed E-state index contributed by atoms with van der Waals surface area (Å²) in [4.78, 5) is -0.0181. The largest absolute Gasteiger partial charge is 0.295 e. The smallest absolute Gasteiger partial charge is 0.282 e. The second-order valence-corrected chi connectivity index (χ2v) is 7.24. The number of aryl methyl sites for hydroxylation is 2. The summed E-state index contributed by atoms with van der Waals surface area (Å²) < 4.78 is 33.4. The molecule has 1 N–H and O–H groups in total. The van der Waals surface area contributed by atoms with Crippen molar-refractivity contribution in [2.75, 3.05) is 0 Å². The quantitative estimate of drug-likeness (QED) is 0.417. The van der Waals surface area contributed by atoms with Crippen LogP contribution in [0.4, 0.5) is 0 Å². The molecule has 4 aromatic carbocycles. The summed E-state index contributed by atoms with van der Waals surface area (Å²) in [6.07, 6.45) is 0. The van der Waals surface area contributed by atoms with Gasteiger partial charge in [0.25, 0.3) is 10.1 Å². The zero-order chi connectivity index (χ0) is 15.6. The molecule has 0 aliphatic carbocycles. The minimum absolute atomic E-state index is 0.0181. The summed E-state index contributed by atoms with van der Waals surface area (Å²) in [6, 6.07) is 13.5. The zero-order valence-corrected chi connectivity index (χ0v) is 13.0. The maximum absolute atomic E-state index is 11.9. The van der Waals surface area contributed by atoms with E-state index in [-0.39, 0.29) is 4.90 Å². The van der Waals surface area contributed by atoms with Crippen LogP contribution in [0.3, 0.4) is 0 Å². The molecule has 0 aliphatic rings. The number of rotatable bonds is 1. The van der Waals surface area contributed by atoms with E-state index in [0.29, 0.717) is 5.39 Å². The molecule has 0 saturated heterocycles. The zero-order valence-electron chi connectivity index (χ0n) is 12.2. The van der Waals surface area contributed by atoms with Gasteiger partial charge in [-0.25, -0.2) is 0 Å². The SMILES string of the molecule is Cc1cc2ccc3ccc(C)c4cc(S(=O)(=O)O)c(c1)c2c34. The van der Waals surface area contributed by atoms with E-state index >= 15 is 0 Å². The van der Waals surface area contributed by atoms with Crippen LogP contribution >= 0.6 is 0 Å². The van der Waals surface area contributed by atoms with Gasteiger partial charge in [0.15, 0.2) is 0 Å². The molecule has 0 heterocycles. The third kappa shape index (κ3) is 1.74. The van der Waals surface area contributed by atoms with Crippen LogP contribution in [-0.2, 0) is 10.1 Å². The van der Waals surface area contributed by atoms with E-state index in [2.05, 4.69) is 6.07 Å². The minimum Gasteiger partial charge on any atom is -0.282 e. The van der Waals surface area contributed by atoms with Gasteiger partial charge in [0, 0.05) is 5.39 Å². The van der Waals surface area contributed by atoms with Gasteiger partial charge in [-0.15, -0.1) is 0 Å². The lowest BCUT2D eigenvalue weighted by molar-refractivity contribution is 0.484. The molecule has 0 aromatic heterocycles. The average Bonchev–Trinajstić information content (AvgIpc) is 2.44. The van der Waals surface area contributed by atoms with E-state index in [4.69, 9.17) is 0 Å². The number of hydrogen-bond donors (Lipinski definition) is 1. The summed E-state index contributed by atoms with van der Waals surface area (Å²) in [5.74, 6) is 0. The summed E-state index contributed by atoms with van der Waals surface area (Å²) >= 11 is 0. The summed E-state index contributed by atoms with van der Waals surface area (Å²) in [5.41, 5.74) is 1.96. The molecule has 0 aliphatic heterocycles. The Balaban J connectivity index is 2.46. The molecular weight excluding hydrogens is 296 g/mol. The van der Waals surface area contributed by atoms with Crippen molar-refractivity contribution in [3.8, 4) is 0 Å². The predicted molar refractivity (Wildman–Crippen MR) is 89.4 cm³/mol. The Kier molecular flexibility index (Phi) is 2.56. The number of benzene rings is 4. The Bertz CT molecular complexity index is 1160. The molecule has 0 radical (unpaired) electrons. The summed E-state index contributed by atoms with van der Waals surface area (Å²) in [6.45, 7) is 3.87. The lowest BCUT2D eigenvalue weighted by Gasteiger charge is -2.15. The van der Waals surface area contributed by atoms with E-state index in [0.717, 1.165) is 38.1 Å². The van der Waals surface area contributed by atoms with Crippen molar-refractivity contribution < 1.29 is 13.0 Å². The van der Waals surface area contributed by atoms with Gasteiger partial charge >= 0.3 is 0 Å². The molecule has 0 fully saturated rings. The van der Waals surface area contributed by atoms with Crippen molar-refractivity contribution in [2.24, 2.45) is 0 Å². The van der Waals surface area contributed by atoms with Crippen molar-refractivity contribution in [2.45, 2.75) is 18.7 Å². The molecule has 4 rings (SSSR count). The van der Waals surface area contributed by atoms with Crippen molar-refractivity contribution in [1.82, 2.24) is 0 Å². The van der Waals surface area contributed by atoms with Crippen molar-refractivity contribution in [3.63, 3.8) is 0 Å². The van der Waals surface area contributed by atoms with Gasteiger partial charge in [0.1, 0.15) is 4.90 Å². The van der Waals surface area contributed by atoms with Gasteiger partial charge in [-0.2, -0.15) is 8.42 Å². The van der Waals surface area contributed by atoms with Gasteiger partial charge in [0.05, 0.1) is 0 Å². The Morgan fingerprint density at radius 2 is 1.45 bits per heavy atom. The highest BCUT2D eigenvalue weighted by Gasteiger charge is 2.20. The van der Waals surface area contributed by atoms with Crippen molar-refractivity contribution in [3.05, 3.63) is 53.6 Å². The topological polar surface area (TPSA) is 54.4 Å². The molecule has 22 heavy (non-hydrogen) atoms. The summed E-state index contributed by atoms with van der Waals surface area (Å²) in [7, 11) is -4.28. The van der Waals surface area contributed by atoms with Gasteiger partial charge in [-0.05, 0) is 64.0 Å². The first-order valence-corrected chi connectivity index (χ1v) is 8.46. The first kappa shape index (κ1) is 13.5. The van der Waals surface area contributed by atoms with Crippen LogP contribution in [0.25, 0.3) is 32.3 Å². The van der Waals surface area contributed by atoms with E-state index in [1.54, 1.807) is 6.07 Å². The van der Waals surface area contributed by atoms with Crippen LogP contribution in [0.2, 0.25) is 0 Å². The standard InChI is InChI=1S/C18H14O3S/c1-10-7-13-6-5-12-4-3-11(2)14-9-16(22(19,20)21)15(8-10)18(13)17(12)14/h3-9H,1-2H3,(H,19,20,21). The summed E-state index contributed by atoms with van der Waals surface area (Å²) in [5, 5.41) is 5.47. The second-order valence-electron chi connectivity index (χ2n) is 5.85. The molecule has 3 nitrogen and oxygen atoms in total. The average molecular weight is 310 g/mol. The molecule has 4 heteroatoms. The monoisotopic (exact) mass is 310 g/mol. The molecular formula is C18H14O3S. The fourth-order valence-electron chi connectivity index (χ4n) is 3.37. The Labute approximate surface area is 128 Å². The fourth-order valence-corrected chi connectivity index (χ4v) is 4.07. The second kappa shape index (κ2) is 4.18. The molecule has 0 spiro atoms. The van der Waals surface area contributed by atoms with Crippen LogP contribution in [0.15, 0.2) is 47.4 Å². The van der Waals surface area contributed by atoms with E-state index in [1.165, 1.54) is 0 Å². The Hall–Kier alpha value is -2.17. The van der Waals surface area contributed by atoms with Crippen LogP contribution in [-0.4, -0.2) is 13.0 Å². The Morgan fingerprint density at radius 3 is 2.18 bits per heavy atom. The molecule has 4 aromatic rings. The van der Waals surface area contributed by atoms with Crippen molar-refractivity contribution >= 4 is 42.4 Å². The highest BCUT2D eigenvalue weighted by atomic mass is 32.2. The lowest BCUT2D eigenvalue weighted by atomic mass is 9.91. The highest BCUT2D eigenvalue weighted by Crippen LogP contribution is 2.39. The van der Waals surface area contributed by atoms with Gasteiger partial charge in [-0.3, -0.25) is 4.55 Å². The van der Waals surface area contributed by atoms with Gasteiger partial charge < -0.3 is 0 Å². The molecule has 0 unspecified atom stereocenters. The number of hydrogen-bond acceptors (Lipinski definition) is 2. The minimum atomic E-state index is -4.28. The van der Waals surface area contributed by atoms with E-state index in [9.17, 15) is 13.0 Å². The van der Waals surface area contributed by atoms with E-state index in [1.807, 2.05) is 44.2 Å². The third-order valence-electron chi connectivity index (χ3n) is 4.32. The normalized spacial score (nSPS) is 12.7. The highest BCUT2D eigenvalue weighted by molar-refractivity contribution is 7.86. The molecule has 110 valence electrons. The lowest BCUT2D eigenvalue weighted by Crippen LogP contribution is -2.01. The van der Waals surface area contributed by atoms with Gasteiger partial charge in [-0.1, -0.05) is 30.3 Å². The van der Waals surface area contributed by atoms with Crippen LogP contribution in [0, 0.1) is 13.8 Å². The first-order valence-electron chi connectivity index (χ1n) is 7.02. The fraction of sp³-hybridized carbons (Fsp3) is 0.111. The first-order chi connectivity index (χ1) is 10.4. The third-order valence-corrected chi connectivity index (χ3v) is 5.21. The van der Waals surface area contributed by atoms with Crippen LogP contribution in [0.1, 0.15) is 11.1 Å². The molecule has 0 amide bonds. The molecule has 0 bridgehead atoms. The van der Waals surface area contributed by atoms with E-state index < -0.39 is 10.1 Å². The van der Waals surface area contributed by atoms with Crippen LogP contribution < -0.4 is 0 Å². The molecule has 0 saturated carbocycles. The van der Waals surface area contributed by atoms with Crippen LogP contribution in [0.5, 0.6) is 0 Å². The maximum atomic E-state index is 11.9. The molecule has 0 atom stereocenters. The maximum Gasteiger partial charge on any atom is 0.295 e. The Morgan fingerprint density at radius 1 is 0.818 bits per heavy atom. The predicted octanol–water partition coefficient (Wildman–Crippen LogP) is 4.45.